The second-order valence-corrected chi connectivity index (χ2v) is 11.3. The fourth-order valence-corrected chi connectivity index (χ4v) is 5.70. The summed E-state index contributed by atoms with van der Waals surface area (Å²) in [6, 6.07) is 18.9. The number of amides is 3. The Morgan fingerprint density at radius 1 is 1.13 bits per heavy atom. The number of aromatic nitrogens is 3. The van der Waals surface area contributed by atoms with Crippen LogP contribution in [0.2, 0.25) is 0 Å². The molecule has 1 saturated heterocycles. The van der Waals surface area contributed by atoms with Crippen LogP contribution in [0.25, 0.3) is 22.6 Å². The number of halogens is 3. The van der Waals surface area contributed by atoms with Crippen molar-refractivity contribution in [2.75, 3.05) is 10.7 Å². The van der Waals surface area contributed by atoms with Gasteiger partial charge in [-0.2, -0.15) is 10.3 Å². The Morgan fingerprint density at radius 3 is 2.50 bits per heavy atom. The van der Waals surface area contributed by atoms with Crippen molar-refractivity contribution in [3.05, 3.63) is 95.9 Å². The maximum absolute atomic E-state index is 12.8. The van der Waals surface area contributed by atoms with Gasteiger partial charge in [0.1, 0.15) is 18.1 Å². The average molecular weight is 646 g/mol. The van der Waals surface area contributed by atoms with Gasteiger partial charge in [0, 0.05) is 11.8 Å². The number of anilines is 1. The predicted octanol–water partition coefficient (Wildman–Crippen LogP) is 6.97. The number of hydrogen-bond acceptors (Lipinski definition) is 7. The molecule has 5 rings (SSSR count). The number of amidine groups is 1. The fraction of sp³-hybridized carbons (Fsp3) is 0.188. The zero-order valence-electron chi connectivity index (χ0n) is 24.7. The molecule has 0 unspecified atom stereocenters. The molecule has 0 spiro atoms. The van der Waals surface area contributed by atoms with Crippen LogP contribution in [0.3, 0.4) is 0 Å². The molecule has 0 atom stereocenters. The number of urea groups is 1. The highest BCUT2D eigenvalue weighted by Crippen LogP contribution is 2.35. The lowest BCUT2D eigenvalue weighted by Gasteiger charge is -2.23. The van der Waals surface area contributed by atoms with Gasteiger partial charge in [-0.1, -0.05) is 62.0 Å². The third kappa shape index (κ3) is 7.27. The molecule has 1 fully saturated rings. The first-order valence-electron chi connectivity index (χ1n) is 13.9. The first-order chi connectivity index (χ1) is 21.9. The van der Waals surface area contributed by atoms with E-state index < -0.39 is 12.4 Å². The number of aliphatic imine (C=N–C) groups is 1. The minimum atomic E-state index is -4.79. The van der Waals surface area contributed by atoms with Gasteiger partial charge < -0.3 is 10.1 Å². The Bertz CT molecular complexity index is 1880. The molecule has 0 saturated carbocycles. The van der Waals surface area contributed by atoms with E-state index in [4.69, 9.17) is 0 Å². The van der Waals surface area contributed by atoms with Crippen molar-refractivity contribution in [1.29, 1.82) is 5.26 Å². The Kier molecular flexibility index (Phi) is 9.24. The normalized spacial score (nSPS) is 14.6. The Hall–Kier alpha value is -5.42. The standard InChI is InChI=1S/C32H26F3N7O3S/c1-19(2)28-20(3)5-4-6-26(28)42-27(43)17-46-31(42)39-30(44)37-16-23(15-36)21-7-9-22(10-8-21)29-38-18-41(40-29)24-11-13-25(14-12-24)45-32(33,34)35/h4-14,16,18-19H,17H2,1-3H3,(H,37,44)/b23-16+,39-31-. The van der Waals surface area contributed by atoms with Gasteiger partial charge >= 0.3 is 12.4 Å². The number of nitrogens with zero attached hydrogens (tertiary/aromatic N) is 6. The van der Waals surface area contributed by atoms with Crippen molar-refractivity contribution in [3.8, 4) is 28.9 Å². The van der Waals surface area contributed by atoms with E-state index in [-0.39, 0.29) is 34.1 Å². The Labute approximate surface area is 266 Å². The van der Waals surface area contributed by atoms with Gasteiger partial charge in [0.15, 0.2) is 11.0 Å². The molecule has 234 valence electrons. The van der Waals surface area contributed by atoms with E-state index in [2.05, 4.69) is 31.2 Å². The van der Waals surface area contributed by atoms with Gasteiger partial charge in [-0.05, 0) is 59.9 Å². The van der Waals surface area contributed by atoms with Crippen LogP contribution in [0.4, 0.5) is 23.7 Å². The van der Waals surface area contributed by atoms with Crippen LogP contribution in [0.15, 0.2) is 84.2 Å². The number of nitriles is 1. The summed E-state index contributed by atoms with van der Waals surface area (Å²) >= 11 is 1.17. The van der Waals surface area contributed by atoms with Crippen molar-refractivity contribution < 1.29 is 27.5 Å². The van der Waals surface area contributed by atoms with Crippen molar-refractivity contribution >= 4 is 40.1 Å². The molecule has 1 aliphatic heterocycles. The molecule has 3 amide bonds. The summed E-state index contributed by atoms with van der Waals surface area (Å²) in [7, 11) is 0. The first kappa shape index (κ1) is 32.0. The summed E-state index contributed by atoms with van der Waals surface area (Å²) in [6.45, 7) is 6.05. The number of ether oxygens (including phenoxy) is 1. The van der Waals surface area contributed by atoms with Crippen LogP contribution in [0.5, 0.6) is 5.75 Å². The molecule has 3 aromatic carbocycles. The summed E-state index contributed by atoms with van der Waals surface area (Å²) in [5, 5.41) is 16.9. The van der Waals surface area contributed by atoms with Crippen molar-refractivity contribution in [1.82, 2.24) is 20.1 Å². The van der Waals surface area contributed by atoms with Gasteiger partial charge in [-0.25, -0.2) is 14.5 Å². The number of nitrogens with one attached hydrogen (secondary N) is 1. The molecule has 0 radical (unpaired) electrons. The van der Waals surface area contributed by atoms with Gasteiger partial charge in [-0.3, -0.25) is 9.69 Å². The number of alkyl halides is 3. The van der Waals surface area contributed by atoms with Crippen LogP contribution in [-0.2, 0) is 4.79 Å². The Balaban J connectivity index is 1.28. The van der Waals surface area contributed by atoms with Crippen LogP contribution in [0, 0.1) is 18.3 Å². The molecule has 14 heteroatoms. The highest BCUT2D eigenvalue weighted by atomic mass is 32.2. The molecular weight excluding hydrogens is 619 g/mol. The zero-order valence-corrected chi connectivity index (χ0v) is 25.6. The third-order valence-corrected chi connectivity index (χ3v) is 7.75. The van der Waals surface area contributed by atoms with Crippen LogP contribution in [-0.4, -0.2) is 44.0 Å². The van der Waals surface area contributed by atoms with Gasteiger partial charge in [0.25, 0.3) is 0 Å². The first-order valence-corrected chi connectivity index (χ1v) is 14.9. The summed E-state index contributed by atoms with van der Waals surface area (Å²) in [5.41, 5.74) is 4.48. The molecule has 2 heterocycles. The maximum atomic E-state index is 12.8. The lowest BCUT2D eigenvalue weighted by molar-refractivity contribution is -0.274. The predicted molar refractivity (Wildman–Crippen MR) is 168 cm³/mol. The smallest absolute Gasteiger partial charge is 0.406 e. The van der Waals surface area contributed by atoms with Gasteiger partial charge in [0.05, 0.1) is 22.7 Å². The number of benzene rings is 3. The average Bonchev–Trinajstić information content (AvgIpc) is 3.64. The molecule has 0 aliphatic carbocycles. The minimum absolute atomic E-state index is 0.145. The Morgan fingerprint density at radius 2 is 1.85 bits per heavy atom. The number of rotatable bonds is 7. The number of carbonyl (C=O) groups is 2. The van der Waals surface area contributed by atoms with Crippen LogP contribution < -0.4 is 15.0 Å². The number of carbonyl (C=O) groups excluding carboxylic acids is 2. The summed E-state index contributed by atoms with van der Waals surface area (Å²) in [4.78, 5) is 35.4. The van der Waals surface area contributed by atoms with E-state index in [9.17, 15) is 28.0 Å². The third-order valence-electron chi connectivity index (χ3n) is 6.82. The van der Waals surface area contributed by atoms with E-state index >= 15 is 0 Å². The SMILES string of the molecule is Cc1cccc(N2C(=O)CS/C2=N\C(=O)N/C=C(\C#N)c2ccc(-c3ncn(-c4ccc(OC(F)(F)F)cc4)n3)cc2)c1C(C)C. The molecule has 46 heavy (non-hydrogen) atoms. The summed E-state index contributed by atoms with van der Waals surface area (Å²) < 4.78 is 42.6. The largest absolute Gasteiger partial charge is 0.573 e. The molecule has 10 nitrogen and oxygen atoms in total. The molecule has 1 aromatic heterocycles. The van der Waals surface area contributed by atoms with Gasteiger partial charge in [-0.15, -0.1) is 18.3 Å². The molecule has 1 N–H and O–H groups in total. The monoisotopic (exact) mass is 645 g/mol. The quantitative estimate of drug-likeness (QED) is 0.215. The molecular formula is C32H26F3N7O3S. The topological polar surface area (TPSA) is 126 Å². The van der Waals surface area contributed by atoms with Crippen molar-refractivity contribution in [2.24, 2.45) is 4.99 Å². The second-order valence-electron chi connectivity index (χ2n) is 10.3. The van der Waals surface area contributed by atoms with E-state index in [1.54, 1.807) is 24.3 Å². The maximum Gasteiger partial charge on any atom is 0.573 e. The molecule has 0 bridgehead atoms. The zero-order chi connectivity index (χ0) is 33.0. The van der Waals surface area contributed by atoms with Crippen molar-refractivity contribution in [2.45, 2.75) is 33.1 Å². The van der Waals surface area contributed by atoms with E-state index in [0.29, 0.717) is 28.3 Å². The lowest BCUT2D eigenvalue weighted by Crippen LogP contribution is -2.32. The summed E-state index contributed by atoms with van der Waals surface area (Å²) in [6.07, 6.45) is -2.12. The second kappa shape index (κ2) is 13.3. The van der Waals surface area contributed by atoms with Crippen LogP contribution in [0.1, 0.15) is 36.5 Å². The fourth-order valence-electron chi connectivity index (χ4n) is 4.85. The lowest BCUT2D eigenvalue weighted by atomic mass is 9.95. The van der Waals surface area contributed by atoms with E-state index in [0.717, 1.165) is 11.1 Å². The molecule has 4 aromatic rings. The highest BCUT2D eigenvalue weighted by molar-refractivity contribution is 8.15. The van der Waals surface area contributed by atoms with E-state index in [1.165, 1.54) is 58.1 Å². The highest BCUT2D eigenvalue weighted by Gasteiger charge is 2.33. The van der Waals surface area contributed by atoms with Gasteiger partial charge in [0.2, 0.25) is 5.91 Å². The summed E-state index contributed by atoms with van der Waals surface area (Å²) in [5.74, 6) is 0.112. The minimum Gasteiger partial charge on any atom is -0.406 e. The number of hydrogen-bond donors (Lipinski definition) is 1. The number of thioether (sulfide) groups is 1. The molecule has 1 aliphatic rings. The van der Waals surface area contributed by atoms with E-state index in [1.807, 2.05) is 39.0 Å². The number of aryl methyl sites for hydroxylation is 1. The van der Waals surface area contributed by atoms with Crippen molar-refractivity contribution in [3.63, 3.8) is 0 Å². The van der Waals surface area contributed by atoms with Crippen LogP contribution >= 0.6 is 11.8 Å². The number of allylic oxidation sites excluding steroid dienone is 1.